The van der Waals surface area contributed by atoms with Crippen LogP contribution in [0.3, 0.4) is 0 Å². The highest BCUT2D eigenvalue weighted by atomic mass is 17.2. The van der Waals surface area contributed by atoms with Crippen LogP contribution in [-0.4, -0.2) is 6.10 Å². The Labute approximate surface area is 69.8 Å². The lowest BCUT2D eigenvalue weighted by Gasteiger charge is -2.07. The van der Waals surface area contributed by atoms with Gasteiger partial charge in [-0.05, 0) is 19.8 Å². The molecule has 11 heavy (non-hydrogen) atoms. The Bertz CT molecular complexity index is 74.0. The zero-order valence-electron chi connectivity index (χ0n) is 7.80. The van der Waals surface area contributed by atoms with Crippen LogP contribution < -0.4 is 0 Å². The first-order valence-corrected chi connectivity index (χ1v) is 4.45. The van der Waals surface area contributed by atoms with Gasteiger partial charge in [-0.3, -0.25) is 0 Å². The van der Waals surface area contributed by atoms with Crippen molar-refractivity contribution in [3.63, 3.8) is 0 Å². The molecule has 0 aromatic heterocycles. The topological polar surface area (TPSA) is 18.5 Å². The fourth-order valence-electron chi connectivity index (χ4n) is 0.538. The lowest BCUT2D eigenvalue weighted by molar-refractivity contribution is -0.297. The van der Waals surface area contributed by atoms with E-state index < -0.39 is 0 Å². The molecule has 0 aliphatic carbocycles. The number of unbranched alkanes of at least 4 members (excludes halogenated alkanes) is 2. The standard InChI is InChI=1S/C9H19O2/c1-4-6-7-8-10-11-9(3)5-2/h8-9H,4-7H2,1-3H3. The van der Waals surface area contributed by atoms with Gasteiger partial charge >= 0.3 is 0 Å². The van der Waals surface area contributed by atoms with Crippen molar-refractivity contribution >= 4 is 0 Å². The second-order valence-electron chi connectivity index (χ2n) is 2.72. The molecule has 0 aromatic rings. The van der Waals surface area contributed by atoms with Crippen LogP contribution in [0.15, 0.2) is 0 Å². The predicted octanol–water partition coefficient (Wildman–Crippen LogP) is 3.09. The first-order valence-electron chi connectivity index (χ1n) is 4.45. The maximum Gasteiger partial charge on any atom is 0.122 e. The van der Waals surface area contributed by atoms with Crippen LogP contribution >= 0.6 is 0 Å². The van der Waals surface area contributed by atoms with Gasteiger partial charge in [-0.2, -0.15) is 0 Å². The largest absolute Gasteiger partial charge is 0.233 e. The van der Waals surface area contributed by atoms with Gasteiger partial charge in [-0.15, -0.1) is 0 Å². The Kier molecular flexibility index (Phi) is 7.96. The highest BCUT2D eigenvalue weighted by Gasteiger charge is 1.97. The normalized spacial score (nSPS) is 13.4. The van der Waals surface area contributed by atoms with Crippen molar-refractivity contribution in [2.45, 2.75) is 52.6 Å². The molecule has 0 heterocycles. The summed E-state index contributed by atoms with van der Waals surface area (Å²) in [5.74, 6) is 0. The predicted molar refractivity (Wildman–Crippen MR) is 45.7 cm³/mol. The molecule has 1 atom stereocenters. The van der Waals surface area contributed by atoms with Crippen molar-refractivity contribution in [1.29, 1.82) is 0 Å². The summed E-state index contributed by atoms with van der Waals surface area (Å²) in [5, 5.41) is 0. The minimum atomic E-state index is 0.202. The maximum absolute atomic E-state index is 4.98. The highest BCUT2D eigenvalue weighted by molar-refractivity contribution is 4.47. The summed E-state index contributed by atoms with van der Waals surface area (Å²) in [7, 11) is 0. The summed E-state index contributed by atoms with van der Waals surface area (Å²) < 4.78 is 0. The first kappa shape index (κ1) is 10.9. The van der Waals surface area contributed by atoms with Crippen LogP contribution in [0.4, 0.5) is 0 Å². The van der Waals surface area contributed by atoms with E-state index in [1.165, 1.54) is 12.8 Å². The molecule has 0 saturated carbocycles. The molecule has 0 rings (SSSR count). The molecule has 0 fully saturated rings. The van der Waals surface area contributed by atoms with Gasteiger partial charge in [0.1, 0.15) is 6.61 Å². The average Bonchev–Trinajstić information content (AvgIpc) is 2.04. The minimum Gasteiger partial charge on any atom is -0.233 e. The van der Waals surface area contributed by atoms with E-state index in [1.807, 2.05) is 6.92 Å². The molecule has 0 aliphatic rings. The average molecular weight is 159 g/mol. The fourth-order valence-corrected chi connectivity index (χ4v) is 0.538. The first-order chi connectivity index (χ1) is 5.31. The van der Waals surface area contributed by atoms with E-state index in [-0.39, 0.29) is 6.10 Å². The minimum absolute atomic E-state index is 0.202. The Morgan fingerprint density at radius 2 is 2.09 bits per heavy atom. The van der Waals surface area contributed by atoms with Gasteiger partial charge in [0.25, 0.3) is 0 Å². The van der Waals surface area contributed by atoms with Crippen LogP contribution in [0.2, 0.25) is 0 Å². The summed E-state index contributed by atoms with van der Waals surface area (Å²) in [6.45, 7) is 7.95. The van der Waals surface area contributed by atoms with Crippen LogP contribution in [0.1, 0.15) is 46.5 Å². The lowest BCUT2D eigenvalue weighted by Crippen LogP contribution is -2.05. The molecule has 2 nitrogen and oxygen atoms in total. The molecule has 1 unspecified atom stereocenters. The fraction of sp³-hybridized carbons (Fsp3) is 0.889. The number of rotatable bonds is 7. The summed E-state index contributed by atoms with van der Waals surface area (Å²) in [6.07, 6.45) is 4.54. The molecule has 0 aliphatic heterocycles. The van der Waals surface area contributed by atoms with E-state index in [0.717, 1.165) is 12.8 Å². The summed E-state index contributed by atoms with van der Waals surface area (Å²) >= 11 is 0. The van der Waals surface area contributed by atoms with E-state index in [2.05, 4.69) is 13.8 Å². The zero-order chi connectivity index (χ0) is 8.53. The van der Waals surface area contributed by atoms with Crippen molar-refractivity contribution in [3.05, 3.63) is 6.61 Å². The zero-order valence-corrected chi connectivity index (χ0v) is 7.80. The van der Waals surface area contributed by atoms with Crippen molar-refractivity contribution < 1.29 is 9.78 Å². The second-order valence-corrected chi connectivity index (χ2v) is 2.72. The van der Waals surface area contributed by atoms with E-state index >= 15 is 0 Å². The SMILES string of the molecule is CCCC[CH]OOC(C)CC. The van der Waals surface area contributed by atoms with E-state index in [0.29, 0.717) is 0 Å². The molecule has 0 saturated heterocycles. The van der Waals surface area contributed by atoms with Crippen LogP contribution in [0.5, 0.6) is 0 Å². The quantitative estimate of drug-likeness (QED) is 0.323. The van der Waals surface area contributed by atoms with E-state index in [1.54, 1.807) is 6.61 Å². The van der Waals surface area contributed by atoms with Gasteiger partial charge in [-0.25, -0.2) is 9.78 Å². The van der Waals surface area contributed by atoms with Crippen LogP contribution in [-0.2, 0) is 9.78 Å². The molecular weight excluding hydrogens is 140 g/mol. The summed E-state index contributed by atoms with van der Waals surface area (Å²) in [6, 6.07) is 0. The Balaban J connectivity index is 2.89. The molecule has 2 heteroatoms. The lowest BCUT2D eigenvalue weighted by atomic mass is 10.3. The monoisotopic (exact) mass is 159 g/mol. The number of hydrogen-bond acceptors (Lipinski definition) is 2. The Hall–Kier alpha value is -0.0800. The van der Waals surface area contributed by atoms with E-state index in [4.69, 9.17) is 9.78 Å². The van der Waals surface area contributed by atoms with Gasteiger partial charge in [0, 0.05) is 0 Å². The van der Waals surface area contributed by atoms with Gasteiger partial charge in [-0.1, -0.05) is 26.7 Å². The van der Waals surface area contributed by atoms with E-state index in [9.17, 15) is 0 Å². The molecule has 0 bridgehead atoms. The van der Waals surface area contributed by atoms with Crippen LogP contribution in [0.25, 0.3) is 0 Å². The van der Waals surface area contributed by atoms with Crippen LogP contribution in [0, 0.1) is 6.61 Å². The van der Waals surface area contributed by atoms with Gasteiger partial charge in [0.05, 0.1) is 6.10 Å². The molecule has 1 radical (unpaired) electrons. The van der Waals surface area contributed by atoms with Gasteiger partial charge in [0.15, 0.2) is 0 Å². The van der Waals surface area contributed by atoms with Crippen molar-refractivity contribution in [3.8, 4) is 0 Å². The smallest absolute Gasteiger partial charge is 0.122 e. The van der Waals surface area contributed by atoms with Gasteiger partial charge in [0.2, 0.25) is 0 Å². The third-order valence-electron chi connectivity index (χ3n) is 1.54. The Morgan fingerprint density at radius 1 is 1.36 bits per heavy atom. The summed E-state index contributed by atoms with van der Waals surface area (Å²) in [5.41, 5.74) is 0. The highest BCUT2D eigenvalue weighted by Crippen LogP contribution is 2.02. The summed E-state index contributed by atoms with van der Waals surface area (Å²) in [4.78, 5) is 9.85. The third kappa shape index (κ3) is 7.82. The van der Waals surface area contributed by atoms with Crippen molar-refractivity contribution in [1.82, 2.24) is 0 Å². The molecule has 0 spiro atoms. The molecule has 0 amide bonds. The maximum atomic E-state index is 4.98. The second kappa shape index (κ2) is 8.02. The molecule has 67 valence electrons. The van der Waals surface area contributed by atoms with Crippen molar-refractivity contribution in [2.75, 3.05) is 0 Å². The molecule has 0 aromatic carbocycles. The van der Waals surface area contributed by atoms with Gasteiger partial charge < -0.3 is 0 Å². The molecule has 0 N–H and O–H groups in total. The number of hydrogen-bond donors (Lipinski definition) is 0. The third-order valence-corrected chi connectivity index (χ3v) is 1.54. The molecular formula is C9H19O2. The van der Waals surface area contributed by atoms with Crippen molar-refractivity contribution in [2.24, 2.45) is 0 Å². The Morgan fingerprint density at radius 3 is 2.64 bits per heavy atom.